The fraction of sp³-hybridized carbons (Fsp3) is 0.263. The Morgan fingerprint density at radius 2 is 2.00 bits per heavy atom. The van der Waals surface area contributed by atoms with Crippen LogP contribution < -0.4 is 14.4 Å². The van der Waals surface area contributed by atoms with E-state index in [9.17, 15) is 14.7 Å². The van der Waals surface area contributed by atoms with Crippen molar-refractivity contribution in [1.82, 2.24) is 0 Å². The molecule has 0 fully saturated rings. The van der Waals surface area contributed by atoms with Gasteiger partial charge in [-0.05, 0) is 42.3 Å². The van der Waals surface area contributed by atoms with Gasteiger partial charge in [0.25, 0.3) is 0 Å². The van der Waals surface area contributed by atoms with Gasteiger partial charge in [-0.2, -0.15) is 0 Å². The van der Waals surface area contributed by atoms with Gasteiger partial charge in [0.2, 0.25) is 5.91 Å². The Hall–Kier alpha value is -3.02. The zero-order chi connectivity index (χ0) is 17.8. The predicted molar refractivity (Wildman–Crippen MR) is 92.1 cm³/mol. The number of benzene rings is 2. The zero-order valence-corrected chi connectivity index (χ0v) is 13.8. The largest absolute Gasteiger partial charge is 0.497 e. The molecular weight excluding hydrogens is 322 g/mol. The number of amides is 1. The normalized spacial score (nSPS) is 15.6. The smallest absolute Gasteiger partial charge is 0.323 e. The van der Waals surface area contributed by atoms with Crippen LogP contribution in [0.3, 0.4) is 0 Å². The molecular formula is C19H19NO5. The molecule has 0 aliphatic carbocycles. The van der Waals surface area contributed by atoms with E-state index in [0.717, 1.165) is 11.3 Å². The van der Waals surface area contributed by atoms with Crippen LogP contribution in [0.1, 0.15) is 5.56 Å². The van der Waals surface area contributed by atoms with E-state index >= 15 is 0 Å². The van der Waals surface area contributed by atoms with Gasteiger partial charge in [-0.15, -0.1) is 0 Å². The molecule has 0 bridgehead atoms. The molecule has 0 radical (unpaired) electrons. The highest BCUT2D eigenvalue weighted by atomic mass is 16.5. The van der Waals surface area contributed by atoms with E-state index in [0.29, 0.717) is 17.9 Å². The van der Waals surface area contributed by atoms with E-state index in [-0.39, 0.29) is 19.1 Å². The molecule has 0 saturated carbocycles. The van der Waals surface area contributed by atoms with Crippen molar-refractivity contribution in [1.29, 1.82) is 0 Å². The van der Waals surface area contributed by atoms with E-state index in [1.54, 1.807) is 31.4 Å². The minimum absolute atomic E-state index is 0.223. The molecule has 0 spiro atoms. The molecule has 2 aromatic carbocycles. The van der Waals surface area contributed by atoms with Crippen molar-refractivity contribution in [2.75, 3.05) is 25.2 Å². The number of carbonyl (C=O) groups is 2. The summed E-state index contributed by atoms with van der Waals surface area (Å²) in [6.07, 6.45) is 0.480. The second-order valence-electron chi connectivity index (χ2n) is 5.84. The van der Waals surface area contributed by atoms with Gasteiger partial charge >= 0.3 is 5.97 Å². The standard InChI is InChI=1S/C19H19NO5/c1-24-16-7-8-17-13(10-16)9-14(12-25-17)19(23)20(11-18(21)22)15-5-3-2-4-6-15/h2-8,10,14H,9,11-12H2,1H3,(H,21,22). The van der Waals surface area contributed by atoms with Gasteiger partial charge in [-0.1, -0.05) is 18.2 Å². The number of carboxylic acids is 1. The van der Waals surface area contributed by atoms with Gasteiger partial charge in [0.15, 0.2) is 0 Å². The summed E-state index contributed by atoms with van der Waals surface area (Å²) in [5.41, 5.74) is 1.44. The average molecular weight is 341 g/mol. The van der Waals surface area contributed by atoms with Crippen molar-refractivity contribution in [3.05, 3.63) is 54.1 Å². The Labute approximate surface area is 145 Å². The minimum Gasteiger partial charge on any atom is -0.497 e. The molecule has 25 heavy (non-hydrogen) atoms. The number of carboxylic acid groups (broad SMARTS) is 1. The highest BCUT2D eigenvalue weighted by Gasteiger charge is 2.31. The first-order valence-corrected chi connectivity index (χ1v) is 7.96. The van der Waals surface area contributed by atoms with E-state index in [4.69, 9.17) is 9.47 Å². The van der Waals surface area contributed by atoms with Crippen LogP contribution >= 0.6 is 0 Å². The third-order valence-corrected chi connectivity index (χ3v) is 4.15. The third kappa shape index (κ3) is 3.74. The molecule has 1 heterocycles. The van der Waals surface area contributed by atoms with Gasteiger partial charge in [-0.25, -0.2) is 0 Å². The molecule has 1 amide bonds. The van der Waals surface area contributed by atoms with Crippen LogP contribution in [0.2, 0.25) is 0 Å². The molecule has 1 N–H and O–H groups in total. The highest BCUT2D eigenvalue weighted by Crippen LogP contribution is 2.32. The highest BCUT2D eigenvalue weighted by molar-refractivity contribution is 5.99. The number of carbonyl (C=O) groups excluding carboxylic acids is 1. The molecule has 6 heteroatoms. The first kappa shape index (κ1) is 16.8. The van der Waals surface area contributed by atoms with Crippen molar-refractivity contribution in [2.24, 2.45) is 5.92 Å². The number of ether oxygens (including phenoxy) is 2. The molecule has 1 aliphatic rings. The van der Waals surface area contributed by atoms with Crippen LogP contribution in [-0.2, 0) is 16.0 Å². The Morgan fingerprint density at radius 3 is 2.68 bits per heavy atom. The van der Waals surface area contributed by atoms with Gasteiger partial charge in [0.05, 0.1) is 13.0 Å². The number of hydrogen-bond acceptors (Lipinski definition) is 4. The van der Waals surface area contributed by atoms with E-state index in [1.807, 2.05) is 24.3 Å². The summed E-state index contributed by atoms with van der Waals surface area (Å²) in [4.78, 5) is 25.5. The summed E-state index contributed by atoms with van der Waals surface area (Å²) in [7, 11) is 1.58. The number of nitrogens with zero attached hydrogens (tertiary/aromatic N) is 1. The SMILES string of the molecule is COc1ccc2c(c1)CC(C(=O)N(CC(=O)O)c1ccccc1)CO2. The van der Waals surface area contributed by atoms with Crippen LogP contribution in [0.25, 0.3) is 0 Å². The van der Waals surface area contributed by atoms with Crippen molar-refractivity contribution in [2.45, 2.75) is 6.42 Å². The summed E-state index contributed by atoms with van der Waals surface area (Å²) >= 11 is 0. The number of para-hydroxylation sites is 1. The second kappa shape index (κ2) is 7.25. The Kier molecular flexibility index (Phi) is 4.88. The first-order valence-electron chi connectivity index (χ1n) is 7.96. The number of methoxy groups -OCH3 is 1. The van der Waals surface area contributed by atoms with Crippen LogP contribution in [0.15, 0.2) is 48.5 Å². The topological polar surface area (TPSA) is 76.1 Å². The molecule has 3 rings (SSSR count). The molecule has 130 valence electrons. The van der Waals surface area contributed by atoms with E-state index in [1.165, 1.54) is 4.90 Å². The Bertz CT molecular complexity index is 775. The fourth-order valence-electron chi connectivity index (χ4n) is 2.92. The lowest BCUT2D eigenvalue weighted by molar-refractivity contribution is -0.137. The van der Waals surface area contributed by atoms with Gasteiger partial charge < -0.3 is 19.5 Å². The molecule has 0 saturated heterocycles. The zero-order valence-electron chi connectivity index (χ0n) is 13.8. The molecule has 0 aromatic heterocycles. The first-order chi connectivity index (χ1) is 12.1. The maximum atomic E-state index is 12.9. The summed E-state index contributed by atoms with van der Waals surface area (Å²) < 4.78 is 10.9. The van der Waals surface area contributed by atoms with Gasteiger partial charge in [0, 0.05) is 5.69 Å². The quantitative estimate of drug-likeness (QED) is 0.903. The van der Waals surface area contributed by atoms with Crippen LogP contribution in [0.5, 0.6) is 11.5 Å². The maximum Gasteiger partial charge on any atom is 0.323 e. The number of anilines is 1. The van der Waals surface area contributed by atoms with Crippen LogP contribution in [0.4, 0.5) is 5.69 Å². The lowest BCUT2D eigenvalue weighted by atomic mass is 9.95. The number of aliphatic carboxylic acids is 1. The lowest BCUT2D eigenvalue weighted by Crippen LogP contribution is -2.43. The van der Waals surface area contributed by atoms with Crippen molar-refractivity contribution >= 4 is 17.6 Å². The fourth-order valence-corrected chi connectivity index (χ4v) is 2.92. The van der Waals surface area contributed by atoms with Crippen molar-refractivity contribution < 1.29 is 24.2 Å². The van der Waals surface area contributed by atoms with E-state index in [2.05, 4.69) is 0 Å². The second-order valence-corrected chi connectivity index (χ2v) is 5.84. The van der Waals surface area contributed by atoms with Gasteiger partial charge in [-0.3, -0.25) is 9.59 Å². The summed E-state index contributed by atoms with van der Waals surface area (Å²) in [5.74, 6) is -0.340. The maximum absolute atomic E-state index is 12.9. The molecule has 1 unspecified atom stereocenters. The molecule has 1 aliphatic heterocycles. The minimum atomic E-state index is -1.06. The molecule has 2 aromatic rings. The Balaban J connectivity index is 1.84. The number of fused-ring (bicyclic) bond motifs is 1. The number of hydrogen-bond donors (Lipinski definition) is 1. The third-order valence-electron chi connectivity index (χ3n) is 4.15. The molecule has 6 nitrogen and oxygen atoms in total. The predicted octanol–water partition coefficient (Wildman–Crippen LogP) is 2.36. The van der Waals surface area contributed by atoms with Crippen LogP contribution in [0, 0.1) is 5.92 Å². The number of rotatable bonds is 5. The summed E-state index contributed by atoms with van der Waals surface area (Å²) in [6.45, 7) is -0.161. The average Bonchev–Trinajstić information content (AvgIpc) is 2.65. The van der Waals surface area contributed by atoms with Crippen LogP contribution in [-0.4, -0.2) is 37.2 Å². The van der Waals surface area contributed by atoms with Crippen molar-refractivity contribution in [3.8, 4) is 11.5 Å². The Morgan fingerprint density at radius 1 is 1.24 bits per heavy atom. The monoisotopic (exact) mass is 341 g/mol. The van der Waals surface area contributed by atoms with E-state index < -0.39 is 11.9 Å². The lowest BCUT2D eigenvalue weighted by Gasteiger charge is -2.29. The van der Waals surface area contributed by atoms with Gasteiger partial charge in [0.1, 0.15) is 24.7 Å². The van der Waals surface area contributed by atoms with Crippen molar-refractivity contribution in [3.63, 3.8) is 0 Å². The molecule has 1 atom stereocenters. The summed E-state index contributed by atoms with van der Waals surface area (Å²) in [6, 6.07) is 14.3. The summed E-state index contributed by atoms with van der Waals surface area (Å²) in [5, 5.41) is 9.18.